The molecule has 1 atom stereocenters. The van der Waals surface area contributed by atoms with Gasteiger partial charge in [-0.05, 0) is 12.1 Å². The van der Waals surface area contributed by atoms with Gasteiger partial charge in [-0.15, -0.1) is 0 Å². The number of carboxylic acids is 1. The number of carbonyl (C=O) groups excluding carboxylic acids is 1. The van der Waals surface area contributed by atoms with E-state index in [0.29, 0.717) is 10.8 Å². The van der Waals surface area contributed by atoms with E-state index in [4.69, 9.17) is 26.6 Å². The van der Waals surface area contributed by atoms with Crippen LogP contribution in [0, 0.1) is 0 Å². The molecule has 0 heterocycles. The summed E-state index contributed by atoms with van der Waals surface area (Å²) in [5.41, 5.74) is 0. The average molecular weight is 302 g/mol. The van der Waals surface area contributed by atoms with Crippen LogP contribution in [0.4, 0.5) is 0 Å². The molecule has 0 saturated carbocycles. The number of aliphatic hydroxyl groups is 1. The van der Waals surface area contributed by atoms with Crippen molar-refractivity contribution in [1.82, 2.24) is 5.32 Å². The van der Waals surface area contributed by atoms with Gasteiger partial charge in [0, 0.05) is 13.0 Å². The molecule has 0 aliphatic rings. The number of aliphatic carboxylic acids is 1. The summed E-state index contributed by atoms with van der Waals surface area (Å²) in [4.78, 5) is 21.8. The van der Waals surface area contributed by atoms with E-state index in [1.807, 2.05) is 0 Å². The van der Waals surface area contributed by atoms with Gasteiger partial charge in [0.15, 0.2) is 6.10 Å². The van der Waals surface area contributed by atoms with Gasteiger partial charge in [-0.1, -0.05) is 23.7 Å². The molecule has 20 heavy (non-hydrogen) atoms. The molecule has 1 amide bonds. The minimum atomic E-state index is -1.46. The lowest BCUT2D eigenvalue weighted by Crippen LogP contribution is -2.30. The number of amides is 1. The summed E-state index contributed by atoms with van der Waals surface area (Å²) in [7, 11) is 0. The fourth-order valence-electron chi connectivity index (χ4n) is 1.38. The number of carboxylic acid groups (broad SMARTS) is 1. The highest BCUT2D eigenvalue weighted by Crippen LogP contribution is 2.22. The van der Waals surface area contributed by atoms with Crippen LogP contribution >= 0.6 is 11.6 Å². The van der Waals surface area contributed by atoms with Gasteiger partial charge in [-0.2, -0.15) is 0 Å². The Morgan fingerprint density at radius 2 is 2.05 bits per heavy atom. The Morgan fingerprint density at radius 1 is 1.35 bits per heavy atom. The Bertz CT molecular complexity index is 466. The molecule has 0 radical (unpaired) electrons. The van der Waals surface area contributed by atoms with Crippen molar-refractivity contribution < 1.29 is 24.5 Å². The van der Waals surface area contributed by atoms with Gasteiger partial charge >= 0.3 is 5.97 Å². The molecule has 0 aromatic heterocycles. The van der Waals surface area contributed by atoms with Crippen LogP contribution in [-0.4, -0.2) is 41.3 Å². The molecule has 0 unspecified atom stereocenters. The summed E-state index contributed by atoms with van der Waals surface area (Å²) in [6, 6.07) is 6.93. The third kappa shape index (κ3) is 5.90. The fourth-order valence-corrected chi connectivity index (χ4v) is 1.57. The molecule has 0 aliphatic heterocycles. The maximum absolute atomic E-state index is 11.4. The van der Waals surface area contributed by atoms with E-state index in [-0.39, 0.29) is 31.9 Å². The van der Waals surface area contributed by atoms with Crippen molar-refractivity contribution in [2.45, 2.75) is 18.9 Å². The van der Waals surface area contributed by atoms with Gasteiger partial charge in [0.1, 0.15) is 5.75 Å². The predicted molar refractivity (Wildman–Crippen MR) is 72.8 cm³/mol. The second kappa shape index (κ2) is 8.39. The highest BCUT2D eigenvalue weighted by molar-refractivity contribution is 6.32. The zero-order chi connectivity index (χ0) is 15.0. The summed E-state index contributed by atoms with van der Waals surface area (Å²) in [6.07, 6.45) is -1.38. The molecule has 0 spiro atoms. The van der Waals surface area contributed by atoms with Crippen molar-refractivity contribution in [2.24, 2.45) is 0 Å². The second-order valence-electron chi connectivity index (χ2n) is 4.02. The molecule has 1 aromatic rings. The van der Waals surface area contributed by atoms with Crippen molar-refractivity contribution in [3.8, 4) is 5.75 Å². The first-order valence-corrected chi connectivity index (χ1v) is 6.43. The monoisotopic (exact) mass is 301 g/mol. The van der Waals surface area contributed by atoms with Gasteiger partial charge in [-0.3, -0.25) is 4.79 Å². The summed E-state index contributed by atoms with van der Waals surface area (Å²) >= 11 is 5.88. The summed E-state index contributed by atoms with van der Waals surface area (Å²) in [6.45, 7) is 0.259. The number of nitrogens with one attached hydrogen (secondary N) is 1. The van der Waals surface area contributed by atoms with Gasteiger partial charge in [0.25, 0.3) is 0 Å². The number of aliphatic hydroxyl groups excluding tert-OH is 1. The van der Waals surface area contributed by atoms with E-state index in [1.165, 1.54) is 0 Å². The Hall–Kier alpha value is -1.79. The number of para-hydroxylation sites is 1. The van der Waals surface area contributed by atoms with Crippen molar-refractivity contribution in [3.63, 3.8) is 0 Å². The topological polar surface area (TPSA) is 95.9 Å². The first-order valence-electron chi connectivity index (χ1n) is 6.05. The Kier molecular flexibility index (Phi) is 6.83. The number of hydrogen-bond donors (Lipinski definition) is 3. The van der Waals surface area contributed by atoms with Crippen molar-refractivity contribution in [3.05, 3.63) is 29.3 Å². The molecule has 1 rings (SSSR count). The van der Waals surface area contributed by atoms with Crippen LogP contribution in [-0.2, 0) is 9.59 Å². The fraction of sp³-hybridized carbons (Fsp3) is 0.385. The molecule has 3 N–H and O–H groups in total. The summed E-state index contributed by atoms with van der Waals surface area (Å²) in [5, 5.41) is 20.4. The van der Waals surface area contributed by atoms with E-state index in [0.717, 1.165) is 0 Å². The molecule has 6 nitrogen and oxygen atoms in total. The van der Waals surface area contributed by atoms with Crippen LogP contribution in [0.1, 0.15) is 12.8 Å². The standard InChI is InChI=1S/C13H16ClNO5/c14-9-3-1-2-4-11(9)20-8-6-12(17)15-7-5-10(16)13(18)19/h1-4,10,16H,5-8H2,(H,15,17)(H,18,19)/t10-/m0/s1. The van der Waals surface area contributed by atoms with Crippen molar-refractivity contribution in [2.75, 3.05) is 13.2 Å². The quantitative estimate of drug-likeness (QED) is 0.667. The van der Waals surface area contributed by atoms with Crippen molar-refractivity contribution >= 4 is 23.5 Å². The molecule has 0 saturated heterocycles. The Morgan fingerprint density at radius 3 is 2.70 bits per heavy atom. The molecule has 110 valence electrons. The number of rotatable bonds is 8. The average Bonchev–Trinajstić information content (AvgIpc) is 2.40. The molecule has 7 heteroatoms. The van der Waals surface area contributed by atoms with E-state index in [2.05, 4.69) is 5.32 Å². The Labute approximate surface area is 121 Å². The highest BCUT2D eigenvalue weighted by atomic mass is 35.5. The number of halogens is 1. The van der Waals surface area contributed by atoms with Gasteiger partial charge in [0.05, 0.1) is 18.1 Å². The second-order valence-corrected chi connectivity index (χ2v) is 4.43. The van der Waals surface area contributed by atoms with Gasteiger partial charge in [0.2, 0.25) is 5.91 Å². The minimum Gasteiger partial charge on any atom is -0.491 e. The van der Waals surface area contributed by atoms with Crippen LogP contribution in [0.3, 0.4) is 0 Å². The minimum absolute atomic E-state index is 0.0353. The third-order valence-corrected chi connectivity index (χ3v) is 2.76. The SMILES string of the molecule is O=C(CCOc1ccccc1Cl)NCC[C@H](O)C(=O)O. The van der Waals surface area contributed by atoms with Crippen LogP contribution < -0.4 is 10.1 Å². The first kappa shape index (κ1) is 16.3. The number of benzene rings is 1. The zero-order valence-corrected chi connectivity index (χ0v) is 11.5. The summed E-state index contributed by atoms with van der Waals surface area (Å²) in [5.74, 6) is -1.08. The molecule has 1 aromatic carbocycles. The molecule has 0 aliphatic carbocycles. The normalized spacial score (nSPS) is 11.7. The van der Waals surface area contributed by atoms with Crippen LogP contribution in [0.25, 0.3) is 0 Å². The van der Waals surface area contributed by atoms with Crippen LogP contribution in [0.5, 0.6) is 5.75 Å². The lowest BCUT2D eigenvalue weighted by molar-refractivity contribution is -0.147. The van der Waals surface area contributed by atoms with Gasteiger partial charge in [-0.25, -0.2) is 4.79 Å². The lowest BCUT2D eigenvalue weighted by Gasteiger charge is -2.09. The molecule has 0 bridgehead atoms. The number of hydrogen-bond acceptors (Lipinski definition) is 4. The first-order chi connectivity index (χ1) is 9.50. The van der Waals surface area contributed by atoms with E-state index in [9.17, 15) is 9.59 Å². The lowest BCUT2D eigenvalue weighted by atomic mass is 10.2. The highest BCUT2D eigenvalue weighted by Gasteiger charge is 2.12. The van der Waals surface area contributed by atoms with E-state index < -0.39 is 12.1 Å². The molecular weight excluding hydrogens is 286 g/mol. The zero-order valence-electron chi connectivity index (χ0n) is 10.7. The van der Waals surface area contributed by atoms with Gasteiger partial charge < -0.3 is 20.3 Å². The van der Waals surface area contributed by atoms with Crippen LogP contribution in [0.15, 0.2) is 24.3 Å². The molecule has 0 fully saturated rings. The largest absolute Gasteiger partial charge is 0.491 e. The Balaban J connectivity index is 2.18. The maximum Gasteiger partial charge on any atom is 0.332 e. The third-order valence-electron chi connectivity index (χ3n) is 2.45. The van der Waals surface area contributed by atoms with E-state index in [1.54, 1.807) is 24.3 Å². The van der Waals surface area contributed by atoms with E-state index >= 15 is 0 Å². The van der Waals surface area contributed by atoms with Crippen molar-refractivity contribution in [1.29, 1.82) is 0 Å². The smallest absolute Gasteiger partial charge is 0.332 e. The summed E-state index contributed by atoms with van der Waals surface area (Å²) < 4.78 is 5.34. The molecular formula is C13H16ClNO5. The maximum atomic E-state index is 11.4. The number of ether oxygens (including phenoxy) is 1. The predicted octanol–water partition coefficient (Wildman–Crippen LogP) is 1.06. The van der Waals surface area contributed by atoms with Crippen LogP contribution in [0.2, 0.25) is 5.02 Å². The number of carbonyl (C=O) groups is 2.